The summed E-state index contributed by atoms with van der Waals surface area (Å²) >= 11 is 0. The highest BCUT2D eigenvalue weighted by Crippen LogP contribution is 2.28. The number of rotatable bonds is 8. The molecular weight excluding hydrogens is 428 g/mol. The number of methoxy groups -OCH3 is 1. The summed E-state index contributed by atoms with van der Waals surface area (Å²) in [5.74, 6) is 2.34. The van der Waals surface area contributed by atoms with Crippen LogP contribution >= 0.6 is 0 Å². The first kappa shape index (κ1) is 24.6. The Morgan fingerprint density at radius 3 is 2.71 bits per heavy atom. The van der Waals surface area contributed by atoms with Crippen LogP contribution < -0.4 is 15.2 Å². The molecule has 180 valence electrons. The average molecular weight is 465 g/mol. The first-order valence-electron chi connectivity index (χ1n) is 12.5. The van der Waals surface area contributed by atoms with Crippen LogP contribution in [0.5, 0.6) is 5.75 Å². The van der Waals surface area contributed by atoms with Gasteiger partial charge >= 0.3 is 0 Å². The van der Waals surface area contributed by atoms with E-state index in [1.165, 1.54) is 27.5 Å². The maximum atomic E-state index is 5.97. The van der Waals surface area contributed by atoms with Crippen molar-refractivity contribution in [1.29, 1.82) is 0 Å². The summed E-state index contributed by atoms with van der Waals surface area (Å²) in [7, 11) is 1.77. The fourth-order valence-electron chi connectivity index (χ4n) is 4.73. The molecule has 1 aliphatic carbocycles. The Balaban J connectivity index is 1.76. The van der Waals surface area contributed by atoms with Gasteiger partial charge in [0.15, 0.2) is 0 Å². The zero-order valence-corrected chi connectivity index (χ0v) is 21.2. The van der Waals surface area contributed by atoms with Crippen LogP contribution in [0.25, 0.3) is 17.2 Å². The molecule has 1 unspecified atom stereocenters. The van der Waals surface area contributed by atoms with E-state index in [0.29, 0.717) is 5.92 Å². The van der Waals surface area contributed by atoms with Crippen LogP contribution in [-0.4, -0.2) is 7.11 Å². The van der Waals surface area contributed by atoms with Gasteiger partial charge in [-0.25, -0.2) is 0 Å². The van der Waals surface area contributed by atoms with Crippen molar-refractivity contribution in [3.63, 3.8) is 0 Å². The van der Waals surface area contributed by atoms with Crippen molar-refractivity contribution in [2.45, 2.75) is 51.9 Å². The molecule has 2 aromatic carbocycles. The van der Waals surface area contributed by atoms with Crippen molar-refractivity contribution in [2.75, 3.05) is 7.11 Å². The van der Waals surface area contributed by atoms with Crippen LogP contribution in [0, 0.1) is 0 Å². The normalized spacial score (nSPS) is 18.5. The van der Waals surface area contributed by atoms with Crippen LogP contribution in [-0.2, 0) is 4.74 Å². The Kier molecular flexibility index (Phi) is 8.26. The lowest BCUT2D eigenvalue weighted by Gasteiger charge is -2.18. The predicted octanol–water partition coefficient (Wildman–Crippen LogP) is 7.34. The minimum absolute atomic E-state index is 0.364. The molecule has 0 amide bonds. The topological polar surface area (TPSA) is 18.5 Å². The molecular formula is C33H36O2. The van der Waals surface area contributed by atoms with Crippen LogP contribution in [0.15, 0.2) is 97.0 Å². The summed E-state index contributed by atoms with van der Waals surface area (Å²) in [6.45, 7) is 8.75. The molecule has 2 nitrogen and oxygen atoms in total. The molecule has 0 aromatic heterocycles. The minimum atomic E-state index is 0.364. The second-order valence-corrected chi connectivity index (χ2v) is 9.39. The quantitative estimate of drug-likeness (QED) is 0.407. The molecule has 0 saturated carbocycles. The van der Waals surface area contributed by atoms with E-state index in [1.54, 1.807) is 13.4 Å². The molecule has 0 bridgehead atoms. The van der Waals surface area contributed by atoms with Crippen molar-refractivity contribution in [1.82, 2.24) is 0 Å². The lowest BCUT2D eigenvalue weighted by atomic mass is 9.88. The summed E-state index contributed by atoms with van der Waals surface area (Å²) in [6, 6.07) is 15.0. The standard InChI is InChI=1S/C33H36O2/c1-24-11-10-14-28(21-24)29-22-32(26(3)16-18-30-15-8-9-20-35-30)31(33(23-29)34-4)19-17-25(2)27-12-6-5-7-13-27/h5-7,9-13,15,19-23,28H,2,8,14,16-18H2,1,3-4H3. The van der Waals surface area contributed by atoms with E-state index in [0.717, 1.165) is 54.4 Å². The second kappa shape index (κ2) is 11.8. The van der Waals surface area contributed by atoms with Crippen LogP contribution in [0.1, 0.15) is 63.0 Å². The van der Waals surface area contributed by atoms with Gasteiger partial charge in [-0.3, -0.25) is 0 Å². The van der Waals surface area contributed by atoms with E-state index in [9.17, 15) is 0 Å². The second-order valence-electron chi connectivity index (χ2n) is 9.39. The first-order chi connectivity index (χ1) is 17.0. The Morgan fingerprint density at radius 1 is 1.17 bits per heavy atom. The largest absolute Gasteiger partial charge is 0.496 e. The highest BCUT2D eigenvalue weighted by atomic mass is 16.5. The summed E-state index contributed by atoms with van der Waals surface area (Å²) in [6.07, 6.45) is 19.7. The lowest BCUT2D eigenvalue weighted by molar-refractivity contribution is 0.325. The maximum absolute atomic E-state index is 5.97. The zero-order valence-electron chi connectivity index (χ0n) is 21.2. The maximum Gasteiger partial charge on any atom is 0.126 e. The molecule has 0 radical (unpaired) electrons. The molecule has 35 heavy (non-hydrogen) atoms. The molecule has 2 heteroatoms. The van der Waals surface area contributed by atoms with Gasteiger partial charge in [-0.1, -0.05) is 78.4 Å². The van der Waals surface area contributed by atoms with Gasteiger partial charge in [0, 0.05) is 17.6 Å². The van der Waals surface area contributed by atoms with Gasteiger partial charge in [-0.15, -0.1) is 0 Å². The molecule has 0 fully saturated rings. The highest BCUT2D eigenvalue weighted by molar-refractivity contribution is 5.68. The SMILES string of the molecule is C=C(CC=c1c(OC)cc(C2C=C(C)C=CC2)cc1=C(C)CCC1=CCC=CO1)c1ccccc1. The van der Waals surface area contributed by atoms with Gasteiger partial charge in [0.1, 0.15) is 5.75 Å². The Labute approximate surface area is 210 Å². The van der Waals surface area contributed by atoms with Crippen molar-refractivity contribution in [3.8, 4) is 5.75 Å². The minimum Gasteiger partial charge on any atom is -0.496 e. The third-order valence-corrected chi connectivity index (χ3v) is 6.79. The van der Waals surface area contributed by atoms with Gasteiger partial charge in [0.25, 0.3) is 0 Å². The van der Waals surface area contributed by atoms with Gasteiger partial charge in [0.2, 0.25) is 0 Å². The van der Waals surface area contributed by atoms with Crippen molar-refractivity contribution < 1.29 is 9.47 Å². The molecule has 1 atom stereocenters. The number of hydrogen-bond acceptors (Lipinski definition) is 2. The molecule has 0 N–H and O–H groups in total. The van der Waals surface area contributed by atoms with Gasteiger partial charge < -0.3 is 9.47 Å². The molecule has 4 rings (SSSR count). The van der Waals surface area contributed by atoms with Crippen molar-refractivity contribution in [3.05, 3.63) is 119 Å². The van der Waals surface area contributed by atoms with Crippen LogP contribution in [0.2, 0.25) is 0 Å². The van der Waals surface area contributed by atoms with Crippen LogP contribution in [0.3, 0.4) is 0 Å². The first-order valence-corrected chi connectivity index (χ1v) is 12.5. The summed E-state index contributed by atoms with van der Waals surface area (Å²) in [4.78, 5) is 0. The number of benzene rings is 2. The Morgan fingerprint density at radius 2 is 2.00 bits per heavy atom. The summed E-state index contributed by atoms with van der Waals surface area (Å²) < 4.78 is 11.7. The van der Waals surface area contributed by atoms with E-state index in [1.807, 2.05) is 12.1 Å². The third kappa shape index (κ3) is 6.33. The van der Waals surface area contributed by atoms with Crippen LogP contribution in [0.4, 0.5) is 0 Å². The van der Waals surface area contributed by atoms with Crippen molar-refractivity contribution in [2.24, 2.45) is 0 Å². The van der Waals surface area contributed by atoms with Gasteiger partial charge in [-0.2, -0.15) is 0 Å². The number of allylic oxidation sites excluding steroid dienone is 8. The van der Waals surface area contributed by atoms with E-state index >= 15 is 0 Å². The van der Waals surface area contributed by atoms with Gasteiger partial charge in [0.05, 0.1) is 19.1 Å². The molecule has 1 heterocycles. The predicted molar refractivity (Wildman–Crippen MR) is 148 cm³/mol. The average Bonchev–Trinajstić information content (AvgIpc) is 2.91. The third-order valence-electron chi connectivity index (χ3n) is 6.79. The highest BCUT2D eigenvalue weighted by Gasteiger charge is 2.14. The zero-order chi connectivity index (χ0) is 24.6. The summed E-state index contributed by atoms with van der Waals surface area (Å²) in [5, 5.41) is 2.41. The molecule has 2 aliphatic rings. The monoisotopic (exact) mass is 464 g/mol. The molecule has 0 spiro atoms. The lowest BCUT2D eigenvalue weighted by Crippen LogP contribution is -2.29. The smallest absolute Gasteiger partial charge is 0.126 e. The molecule has 2 aromatic rings. The van der Waals surface area contributed by atoms with Gasteiger partial charge in [-0.05, 0) is 79.7 Å². The Hall–Kier alpha value is -3.52. The number of hydrogen-bond donors (Lipinski definition) is 0. The van der Waals surface area contributed by atoms with E-state index < -0.39 is 0 Å². The van der Waals surface area contributed by atoms with E-state index in [2.05, 4.69) is 87.2 Å². The van der Waals surface area contributed by atoms with Crippen molar-refractivity contribution >= 4 is 17.2 Å². The van der Waals surface area contributed by atoms with E-state index in [-0.39, 0.29) is 0 Å². The molecule has 0 saturated heterocycles. The van der Waals surface area contributed by atoms with E-state index in [4.69, 9.17) is 9.47 Å². The summed E-state index contributed by atoms with van der Waals surface area (Å²) in [5.41, 5.74) is 6.23. The fourth-order valence-corrected chi connectivity index (χ4v) is 4.73. The fraction of sp³-hybridized carbons (Fsp3) is 0.273. The molecule has 1 aliphatic heterocycles. The number of ether oxygens (including phenoxy) is 2. The Bertz CT molecular complexity index is 1300.